The first-order valence-electron chi connectivity index (χ1n) is 6.46. The second-order valence-corrected chi connectivity index (χ2v) is 5.67. The highest BCUT2D eigenvalue weighted by atomic mass is 32.1. The monoisotopic (exact) mass is 254 g/mol. The molecule has 2 heterocycles. The van der Waals surface area contributed by atoms with E-state index in [2.05, 4.69) is 47.4 Å². The number of hydrogen-bond donors (Lipinski definition) is 1. The number of nitrogens with zero attached hydrogens (tertiary/aromatic N) is 3. The average Bonchev–Trinajstić information content (AvgIpc) is 2.64. The molecule has 0 radical (unpaired) electrons. The first kappa shape index (κ1) is 12.6. The zero-order valence-corrected chi connectivity index (χ0v) is 11.9. The number of aromatic nitrogens is 3. The van der Waals surface area contributed by atoms with E-state index in [-0.39, 0.29) is 0 Å². The summed E-state index contributed by atoms with van der Waals surface area (Å²) < 4.78 is 2.80. The van der Waals surface area contributed by atoms with Gasteiger partial charge >= 0.3 is 0 Å². The van der Waals surface area contributed by atoms with E-state index in [0.29, 0.717) is 12.0 Å². The minimum atomic E-state index is 0.529. The van der Waals surface area contributed by atoms with Crippen LogP contribution in [-0.4, -0.2) is 27.4 Å². The second-order valence-electron chi connectivity index (χ2n) is 5.28. The van der Waals surface area contributed by atoms with Crippen LogP contribution in [0.5, 0.6) is 0 Å². The molecule has 1 saturated heterocycles. The SMILES string of the molecule is CCn1c(N2CC(C)CC(C)C2C)n[nH]c1=S. The van der Waals surface area contributed by atoms with Gasteiger partial charge in [0, 0.05) is 19.1 Å². The third kappa shape index (κ3) is 2.25. The summed E-state index contributed by atoms with van der Waals surface area (Å²) in [4.78, 5) is 2.40. The standard InChI is InChI=1S/C12H22N4S/c1-5-15-11(13-14-12(15)17)16-7-8(2)6-9(3)10(16)4/h8-10H,5-7H2,1-4H3,(H,14,17). The van der Waals surface area contributed by atoms with Gasteiger partial charge in [0.1, 0.15) is 0 Å². The van der Waals surface area contributed by atoms with Crippen LogP contribution in [0, 0.1) is 16.6 Å². The first-order chi connectivity index (χ1) is 8.04. The molecule has 1 N–H and O–H groups in total. The van der Waals surface area contributed by atoms with Crippen LogP contribution in [0.1, 0.15) is 34.1 Å². The Labute approximate surface area is 108 Å². The number of nitrogens with one attached hydrogen (secondary N) is 1. The molecule has 96 valence electrons. The molecule has 3 atom stereocenters. The van der Waals surface area contributed by atoms with Gasteiger partial charge in [0.25, 0.3) is 0 Å². The molecule has 1 aromatic heterocycles. The lowest BCUT2D eigenvalue weighted by atomic mass is 9.86. The van der Waals surface area contributed by atoms with E-state index < -0.39 is 0 Å². The van der Waals surface area contributed by atoms with E-state index in [1.807, 2.05) is 0 Å². The smallest absolute Gasteiger partial charge is 0.225 e. The summed E-state index contributed by atoms with van der Waals surface area (Å²) in [5, 5.41) is 7.31. The van der Waals surface area contributed by atoms with Gasteiger partial charge in [-0.25, -0.2) is 5.10 Å². The quantitative estimate of drug-likeness (QED) is 0.825. The molecule has 0 amide bonds. The fourth-order valence-corrected chi connectivity index (χ4v) is 3.05. The molecule has 0 aliphatic carbocycles. The van der Waals surface area contributed by atoms with Gasteiger partial charge < -0.3 is 4.90 Å². The van der Waals surface area contributed by atoms with E-state index in [0.717, 1.165) is 29.7 Å². The fourth-order valence-electron chi connectivity index (χ4n) is 2.79. The highest BCUT2D eigenvalue weighted by Gasteiger charge is 2.31. The molecular weight excluding hydrogens is 232 g/mol. The largest absolute Gasteiger partial charge is 0.338 e. The van der Waals surface area contributed by atoms with Crippen LogP contribution < -0.4 is 4.90 Å². The Morgan fingerprint density at radius 2 is 2.12 bits per heavy atom. The second kappa shape index (κ2) is 4.80. The summed E-state index contributed by atoms with van der Waals surface area (Å²) in [6, 6.07) is 0.529. The molecule has 3 unspecified atom stereocenters. The molecular formula is C12H22N4S. The molecule has 17 heavy (non-hydrogen) atoms. The van der Waals surface area contributed by atoms with Crippen LogP contribution >= 0.6 is 12.2 Å². The van der Waals surface area contributed by atoms with Gasteiger partial charge in [-0.2, -0.15) is 0 Å². The fraction of sp³-hybridized carbons (Fsp3) is 0.833. The van der Waals surface area contributed by atoms with Gasteiger partial charge in [-0.3, -0.25) is 4.57 Å². The molecule has 1 aromatic rings. The van der Waals surface area contributed by atoms with Crippen molar-refractivity contribution in [2.24, 2.45) is 11.8 Å². The van der Waals surface area contributed by atoms with Gasteiger partial charge in [-0.05, 0) is 44.3 Å². The van der Waals surface area contributed by atoms with Crippen LogP contribution in [0.2, 0.25) is 0 Å². The molecule has 0 spiro atoms. The van der Waals surface area contributed by atoms with E-state index in [4.69, 9.17) is 12.2 Å². The Morgan fingerprint density at radius 1 is 1.41 bits per heavy atom. The van der Waals surface area contributed by atoms with E-state index in [1.54, 1.807) is 0 Å². The third-order valence-electron chi connectivity index (χ3n) is 3.91. The highest BCUT2D eigenvalue weighted by Crippen LogP contribution is 2.30. The molecule has 0 aromatic carbocycles. The molecule has 1 aliphatic rings. The first-order valence-corrected chi connectivity index (χ1v) is 6.87. The Hall–Kier alpha value is -0.840. The zero-order chi connectivity index (χ0) is 12.6. The Bertz CT molecular complexity index is 436. The van der Waals surface area contributed by atoms with Gasteiger partial charge in [-0.15, -0.1) is 5.10 Å². The van der Waals surface area contributed by atoms with Crippen LogP contribution in [0.3, 0.4) is 0 Å². The van der Waals surface area contributed by atoms with Crippen molar-refractivity contribution < 1.29 is 0 Å². The maximum atomic E-state index is 5.26. The molecule has 0 bridgehead atoms. The Balaban J connectivity index is 2.34. The van der Waals surface area contributed by atoms with Crippen LogP contribution in [-0.2, 0) is 6.54 Å². The van der Waals surface area contributed by atoms with Crippen molar-refractivity contribution in [3.05, 3.63) is 4.77 Å². The zero-order valence-electron chi connectivity index (χ0n) is 11.1. The van der Waals surface area contributed by atoms with E-state index in [9.17, 15) is 0 Å². The van der Waals surface area contributed by atoms with Crippen LogP contribution in [0.25, 0.3) is 0 Å². The number of rotatable bonds is 2. The molecule has 4 nitrogen and oxygen atoms in total. The van der Waals surface area contributed by atoms with Gasteiger partial charge in [0.15, 0.2) is 4.77 Å². The number of piperidine rings is 1. The van der Waals surface area contributed by atoms with Gasteiger partial charge in [0.2, 0.25) is 5.95 Å². The summed E-state index contributed by atoms with van der Waals surface area (Å²) in [7, 11) is 0. The maximum absolute atomic E-state index is 5.26. The van der Waals surface area contributed by atoms with Crippen LogP contribution in [0.4, 0.5) is 5.95 Å². The van der Waals surface area contributed by atoms with Crippen molar-refractivity contribution >= 4 is 18.2 Å². The predicted molar refractivity (Wildman–Crippen MR) is 72.8 cm³/mol. The van der Waals surface area contributed by atoms with Crippen molar-refractivity contribution in [2.75, 3.05) is 11.4 Å². The molecule has 1 fully saturated rings. The minimum absolute atomic E-state index is 0.529. The van der Waals surface area contributed by atoms with Crippen molar-refractivity contribution in [1.29, 1.82) is 0 Å². The van der Waals surface area contributed by atoms with E-state index >= 15 is 0 Å². The molecule has 2 rings (SSSR count). The summed E-state index contributed by atoms with van der Waals surface area (Å²) in [5.74, 6) is 2.43. The average molecular weight is 254 g/mol. The molecule has 5 heteroatoms. The number of hydrogen-bond acceptors (Lipinski definition) is 3. The number of aromatic amines is 1. The number of anilines is 1. The normalized spacial score (nSPS) is 29.6. The van der Waals surface area contributed by atoms with Crippen molar-refractivity contribution in [1.82, 2.24) is 14.8 Å². The lowest BCUT2D eigenvalue weighted by Gasteiger charge is -2.41. The molecule has 1 aliphatic heterocycles. The summed E-state index contributed by atoms with van der Waals surface area (Å²) in [6.07, 6.45) is 1.30. The van der Waals surface area contributed by atoms with E-state index in [1.165, 1.54) is 6.42 Å². The van der Waals surface area contributed by atoms with Crippen molar-refractivity contribution in [2.45, 2.75) is 46.7 Å². The summed E-state index contributed by atoms with van der Waals surface area (Å²) in [6.45, 7) is 11.0. The summed E-state index contributed by atoms with van der Waals surface area (Å²) in [5.41, 5.74) is 0. The van der Waals surface area contributed by atoms with Crippen LogP contribution in [0.15, 0.2) is 0 Å². The lowest BCUT2D eigenvalue weighted by Crippen LogP contribution is -2.47. The Kier molecular flexibility index (Phi) is 3.56. The van der Waals surface area contributed by atoms with Gasteiger partial charge in [-0.1, -0.05) is 13.8 Å². The maximum Gasteiger partial charge on any atom is 0.225 e. The lowest BCUT2D eigenvalue weighted by molar-refractivity contribution is 0.292. The Morgan fingerprint density at radius 3 is 2.76 bits per heavy atom. The van der Waals surface area contributed by atoms with Crippen molar-refractivity contribution in [3.8, 4) is 0 Å². The topological polar surface area (TPSA) is 36.9 Å². The third-order valence-corrected chi connectivity index (χ3v) is 4.22. The van der Waals surface area contributed by atoms with Crippen molar-refractivity contribution in [3.63, 3.8) is 0 Å². The minimum Gasteiger partial charge on any atom is -0.338 e. The van der Waals surface area contributed by atoms with Gasteiger partial charge in [0.05, 0.1) is 0 Å². The number of H-pyrrole nitrogens is 1. The predicted octanol–water partition coefficient (Wildman–Crippen LogP) is 2.83. The summed E-state index contributed by atoms with van der Waals surface area (Å²) >= 11 is 5.26. The molecule has 0 saturated carbocycles. The highest BCUT2D eigenvalue weighted by molar-refractivity contribution is 7.71.